The number of rotatable bonds is 6. The van der Waals surface area contributed by atoms with Crippen molar-refractivity contribution < 1.29 is 0 Å². The van der Waals surface area contributed by atoms with Gasteiger partial charge in [-0.2, -0.15) is 4.98 Å². The Bertz CT molecular complexity index is 829. The van der Waals surface area contributed by atoms with Crippen molar-refractivity contribution in [1.82, 2.24) is 9.97 Å². The van der Waals surface area contributed by atoms with E-state index in [0.29, 0.717) is 12.5 Å². The maximum Gasteiger partial charge on any atom is 0.225 e. The number of hydrogen-bond acceptors (Lipinski definition) is 4. The highest BCUT2D eigenvalue weighted by atomic mass is 35.5. The van der Waals surface area contributed by atoms with E-state index in [1.807, 2.05) is 37.3 Å². The number of aromatic nitrogens is 2. The molecular weight excluding hydrogens is 332 g/mol. The van der Waals surface area contributed by atoms with Crippen LogP contribution in [-0.2, 0) is 13.0 Å². The Balaban J connectivity index is 1.69. The summed E-state index contributed by atoms with van der Waals surface area (Å²) in [4.78, 5) is 8.99. The van der Waals surface area contributed by atoms with E-state index in [0.717, 1.165) is 34.2 Å². The second kappa shape index (κ2) is 7.99. The Morgan fingerprint density at radius 2 is 1.60 bits per heavy atom. The largest absolute Gasteiger partial charge is 0.350 e. The van der Waals surface area contributed by atoms with Crippen molar-refractivity contribution in [3.05, 3.63) is 76.4 Å². The van der Waals surface area contributed by atoms with Crippen LogP contribution >= 0.6 is 11.6 Å². The zero-order valence-electron chi connectivity index (χ0n) is 14.4. The Hall–Kier alpha value is -2.59. The third-order valence-corrected chi connectivity index (χ3v) is 4.10. The highest BCUT2D eigenvalue weighted by Crippen LogP contribution is 2.18. The number of nitrogens with one attached hydrogen (secondary N) is 2. The minimum Gasteiger partial charge on any atom is -0.350 e. The van der Waals surface area contributed by atoms with E-state index in [1.54, 1.807) is 0 Å². The summed E-state index contributed by atoms with van der Waals surface area (Å²) < 4.78 is 0. The van der Waals surface area contributed by atoms with E-state index >= 15 is 0 Å². The molecule has 0 radical (unpaired) electrons. The van der Waals surface area contributed by atoms with E-state index in [4.69, 9.17) is 11.6 Å². The first-order chi connectivity index (χ1) is 12.1. The molecule has 0 bridgehead atoms. The fraction of sp³-hybridized carbons (Fsp3) is 0.200. The van der Waals surface area contributed by atoms with Crippen molar-refractivity contribution in [3.8, 4) is 0 Å². The molecule has 0 fully saturated rings. The zero-order chi connectivity index (χ0) is 17.6. The Morgan fingerprint density at radius 1 is 0.920 bits per heavy atom. The van der Waals surface area contributed by atoms with Gasteiger partial charge >= 0.3 is 0 Å². The lowest BCUT2D eigenvalue weighted by Gasteiger charge is -2.10. The van der Waals surface area contributed by atoms with E-state index in [1.165, 1.54) is 5.56 Å². The number of aryl methyl sites for hydroxylation is 2. The molecule has 0 unspecified atom stereocenters. The van der Waals surface area contributed by atoms with Gasteiger partial charge in [0, 0.05) is 29.0 Å². The first-order valence-electron chi connectivity index (χ1n) is 8.32. The molecule has 4 nitrogen and oxygen atoms in total. The summed E-state index contributed by atoms with van der Waals surface area (Å²) in [7, 11) is 0. The molecule has 3 rings (SSSR count). The molecule has 1 aromatic heterocycles. The van der Waals surface area contributed by atoms with Crippen LogP contribution in [0.25, 0.3) is 0 Å². The van der Waals surface area contributed by atoms with Crippen LogP contribution in [0.15, 0.2) is 54.6 Å². The van der Waals surface area contributed by atoms with Crippen LogP contribution in [0.5, 0.6) is 0 Å². The van der Waals surface area contributed by atoms with Crippen LogP contribution in [-0.4, -0.2) is 9.97 Å². The van der Waals surface area contributed by atoms with Gasteiger partial charge in [-0.25, -0.2) is 4.98 Å². The van der Waals surface area contributed by atoms with Gasteiger partial charge < -0.3 is 10.6 Å². The molecule has 0 saturated heterocycles. The zero-order valence-corrected chi connectivity index (χ0v) is 15.1. The van der Waals surface area contributed by atoms with Crippen LogP contribution in [0.4, 0.5) is 17.5 Å². The molecular formula is C20H21ClN4. The molecule has 0 amide bonds. The molecule has 0 atom stereocenters. The van der Waals surface area contributed by atoms with Crippen LogP contribution in [0.3, 0.4) is 0 Å². The van der Waals surface area contributed by atoms with E-state index < -0.39 is 0 Å². The van der Waals surface area contributed by atoms with Gasteiger partial charge in [-0.05, 0) is 48.7 Å². The normalized spacial score (nSPS) is 10.5. The molecule has 0 aliphatic heterocycles. The van der Waals surface area contributed by atoms with Crippen LogP contribution < -0.4 is 10.6 Å². The van der Waals surface area contributed by atoms with Gasteiger partial charge in [0.15, 0.2) is 0 Å². The molecule has 1 heterocycles. The average molecular weight is 353 g/mol. The molecule has 5 heteroatoms. The minimum absolute atomic E-state index is 0.600. The molecule has 3 aromatic rings. The van der Waals surface area contributed by atoms with Gasteiger partial charge in [0.05, 0.1) is 0 Å². The van der Waals surface area contributed by atoms with E-state index in [9.17, 15) is 0 Å². The number of benzene rings is 2. The number of anilines is 3. The van der Waals surface area contributed by atoms with Gasteiger partial charge in [0.25, 0.3) is 0 Å². The predicted molar refractivity (Wildman–Crippen MR) is 105 cm³/mol. The number of hydrogen-bond donors (Lipinski definition) is 2. The molecule has 2 N–H and O–H groups in total. The first kappa shape index (κ1) is 17.2. The van der Waals surface area contributed by atoms with Crippen LogP contribution in [0.1, 0.15) is 23.7 Å². The fourth-order valence-corrected chi connectivity index (χ4v) is 2.59. The van der Waals surface area contributed by atoms with Gasteiger partial charge in [0.2, 0.25) is 5.95 Å². The second-order valence-corrected chi connectivity index (χ2v) is 6.31. The minimum atomic E-state index is 0.600. The molecule has 0 aliphatic rings. The topological polar surface area (TPSA) is 49.8 Å². The van der Waals surface area contributed by atoms with Crippen molar-refractivity contribution in [3.63, 3.8) is 0 Å². The highest BCUT2D eigenvalue weighted by Gasteiger charge is 2.03. The summed E-state index contributed by atoms with van der Waals surface area (Å²) in [5.41, 5.74) is 4.36. The lowest BCUT2D eigenvalue weighted by Crippen LogP contribution is -2.06. The van der Waals surface area contributed by atoms with Crippen molar-refractivity contribution in [2.45, 2.75) is 26.8 Å². The van der Waals surface area contributed by atoms with Gasteiger partial charge in [-0.1, -0.05) is 42.8 Å². The summed E-state index contributed by atoms with van der Waals surface area (Å²) >= 11 is 5.91. The van der Waals surface area contributed by atoms with E-state index in [-0.39, 0.29) is 0 Å². The van der Waals surface area contributed by atoms with Crippen molar-refractivity contribution in [2.75, 3.05) is 10.6 Å². The van der Waals surface area contributed by atoms with Crippen LogP contribution in [0.2, 0.25) is 5.02 Å². The molecule has 2 aromatic carbocycles. The summed E-state index contributed by atoms with van der Waals surface area (Å²) in [6.45, 7) is 4.75. The molecule has 0 aliphatic carbocycles. The van der Waals surface area contributed by atoms with Crippen molar-refractivity contribution in [1.29, 1.82) is 0 Å². The number of nitrogens with zero attached hydrogens (tertiary/aromatic N) is 2. The Labute approximate surface area is 153 Å². The molecule has 0 spiro atoms. The smallest absolute Gasteiger partial charge is 0.225 e. The third-order valence-electron chi connectivity index (χ3n) is 3.85. The van der Waals surface area contributed by atoms with Gasteiger partial charge in [0.1, 0.15) is 5.82 Å². The fourth-order valence-electron chi connectivity index (χ4n) is 2.47. The predicted octanol–water partition coefficient (Wildman–Crippen LogP) is 5.36. The maximum atomic E-state index is 5.91. The maximum absolute atomic E-state index is 5.91. The van der Waals surface area contributed by atoms with Crippen molar-refractivity contribution >= 4 is 29.1 Å². The monoisotopic (exact) mass is 352 g/mol. The lowest BCUT2D eigenvalue weighted by atomic mass is 10.1. The summed E-state index contributed by atoms with van der Waals surface area (Å²) in [6.07, 6.45) is 1.03. The summed E-state index contributed by atoms with van der Waals surface area (Å²) in [6, 6.07) is 18.0. The summed E-state index contributed by atoms with van der Waals surface area (Å²) in [5, 5.41) is 7.33. The van der Waals surface area contributed by atoms with Gasteiger partial charge in [-0.3, -0.25) is 0 Å². The third kappa shape index (κ3) is 4.94. The first-order valence-corrected chi connectivity index (χ1v) is 8.70. The second-order valence-electron chi connectivity index (χ2n) is 5.87. The lowest BCUT2D eigenvalue weighted by molar-refractivity contribution is 1.03. The standard InChI is InChI=1S/C20H21ClN4/c1-3-15-6-10-18(11-7-15)24-19-12-14(2)23-20(25-19)22-13-16-4-8-17(21)9-5-16/h4-12H,3,13H2,1-2H3,(H2,22,23,24,25). The molecule has 0 saturated carbocycles. The Kier molecular flexibility index (Phi) is 5.51. The van der Waals surface area contributed by atoms with Crippen molar-refractivity contribution in [2.24, 2.45) is 0 Å². The quantitative estimate of drug-likeness (QED) is 0.627. The molecule has 25 heavy (non-hydrogen) atoms. The SMILES string of the molecule is CCc1ccc(Nc2cc(C)nc(NCc3ccc(Cl)cc3)n2)cc1. The number of halogens is 1. The summed E-state index contributed by atoms with van der Waals surface area (Å²) in [5.74, 6) is 1.37. The van der Waals surface area contributed by atoms with E-state index in [2.05, 4.69) is 51.8 Å². The molecule has 128 valence electrons. The van der Waals surface area contributed by atoms with Crippen LogP contribution in [0, 0.1) is 6.92 Å². The van der Waals surface area contributed by atoms with Gasteiger partial charge in [-0.15, -0.1) is 0 Å². The highest BCUT2D eigenvalue weighted by molar-refractivity contribution is 6.30. The average Bonchev–Trinajstić information content (AvgIpc) is 2.61. The Morgan fingerprint density at radius 3 is 2.28 bits per heavy atom.